The maximum Gasteiger partial charge on any atom is 0.319 e. The first kappa shape index (κ1) is 16.0. The van der Waals surface area contributed by atoms with Crippen LogP contribution in [0.3, 0.4) is 0 Å². The van der Waals surface area contributed by atoms with Crippen LogP contribution >= 0.6 is 11.3 Å². The second-order valence-electron chi connectivity index (χ2n) is 5.69. The number of hydrogen-bond acceptors (Lipinski definition) is 6. The first-order valence-corrected chi connectivity index (χ1v) is 8.68. The smallest absolute Gasteiger partial charge is 0.319 e. The minimum absolute atomic E-state index is 0.158. The van der Waals surface area contributed by atoms with Gasteiger partial charge in [0.2, 0.25) is 0 Å². The monoisotopic (exact) mass is 331 g/mol. The molecule has 23 heavy (non-hydrogen) atoms. The van der Waals surface area contributed by atoms with Crippen molar-refractivity contribution in [3.05, 3.63) is 35.8 Å². The molecule has 1 aromatic heterocycles. The third-order valence-corrected chi connectivity index (χ3v) is 4.93. The van der Waals surface area contributed by atoms with Gasteiger partial charge in [-0.2, -0.15) is 0 Å². The van der Waals surface area contributed by atoms with Crippen LogP contribution in [0.4, 0.5) is 5.69 Å². The molecule has 0 spiro atoms. The number of nitrogens with zero attached hydrogens (tertiary/aromatic N) is 2. The summed E-state index contributed by atoms with van der Waals surface area (Å²) in [6, 6.07) is 8.88. The van der Waals surface area contributed by atoms with Crippen molar-refractivity contribution in [1.82, 2.24) is 9.88 Å². The summed E-state index contributed by atoms with van der Waals surface area (Å²) in [4.78, 5) is 17.8. The molecular formula is C17H21N3O2S. The standard InChI is InChI=1S/C17H21N3O2S/c1-22-16(21)12-20-9-6-15(7-10-20)19-14-4-2-13(3-5-14)17-18-8-11-23-17/h2-5,8,11,15,19H,6-7,9-10,12H2,1H3. The van der Waals surface area contributed by atoms with E-state index in [1.54, 1.807) is 11.3 Å². The van der Waals surface area contributed by atoms with Crippen LogP contribution in [0.25, 0.3) is 10.6 Å². The van der Waals surface area contributed by atoms with Gasteiger partial charge in [0.25, 0.3) is 0 Å². The van der Waals surface area contributed by atoms with E-state index in [0.29, 0.717) is 12.6 Å². The van der Waals surface area contributed by atoms with Crippen molar-refractivity contribution in [3.63, 3.8) is 0 Å². The van der Waals surface area contributed by atoms with Gasteiger partial charge in [0.15, 0.2) is 0 Å². The summed E-state index contributed by atoms with van der Waals surface area (Å²) < 4.78 is 4.72. The number of carbonyl (C=O) groups excluding carboxylic acids is 1. The first-order valence-electron chi connectivity index (χ1n) is 7.80. The van der Waals surface area contributed by atoms with Crippen LogP contribution in [0.15, 0.2) is 35.8 Å². The second kappa shape index (κ2) is 7.57. The Bertz CT molecular complexity index is 620. The second-order valence-corrected chi connectivity index (χ2v) is 6.58. The van der Waals surface area contributed by atoms with E-state index in [2.05, 4.69) is 39.5 Å². The van der Waals surface area contributed by atoms with E-state index in [0.717, 1.165) is 42.2 Å². The zero-order chi connectivity index (χ0) is 16.1. The Morgan fingerprint density at radius 3 is 2.70 bits per heavy atom. The molecule has 1 fully saturated rings. The minimum atomic E-state index is -0.158. The van der Waals surface area contributed by atoms with Crippen LogP contribution in [0.2, 0.25) is 0 Å². The van der Waals surface area contributed by atoms with Gasteiger partial charge in [0.1, 0.15) is 5.01 Å². The number of anilines is 1. The molecule has 3 rings (SSSR count). The molecule has 5 nitrogen and oxygen atoms in total. The SMILES string of the molecule is COC(=O)CN1CCC(Nc2ccc(-c3nccs3)cc2)CC1. The van der Waals surface area contributed by atoms with Crippen LogP contribution in [0.5, 0.6) is 0 Å². The van der Waals surface area contributed by atoms with E-state index in [9.17, 15) is 4.79 Å². The molecule has 122 valence electrons. The first-order chi connectivity index (χ1) is 11.2. The molecule has 0 amide bonds. The Morgan fingerprint density at radius 1 is 1.35 bits per heavy atom. The van der Waals surface area contributed by atoms with Gasteiger partial charge in [0.05, 0.1) is 13.7 Å². The summed E-state index contributed by atoms with van der Waals surface area (Å²) in [5.41, 5.74) is 2.29. The highest BCUT2D eigenvalue weighted by molar-refractivity contribution is 7.13. The average Bonchev–Trinajstić information content (AvgIpc) is 3.12. The number of aromatic nitrogens is 1. The number of esters is 1. The fourth-order valence-corrected chi connectivity index (χ4v) is 3.44. The number of thiazole rings is 1. The molecule has 0 aliphatic carbocycles. The lowest BCUT2D eigenvalue weighted by Crippen LogP contribution is -2.41. The van der Waals surface area contributed by atoms with Crippen LogP contribution in [0.1, 0.15) is 12.8 Å². The summed E-state index contributed by atoms with van der Waals surface area (Å²) in [5, 5.41) is 6.62. The van der Waals surface area contributed by atoms with Crippen molar-refractivity contribution in [2.24, 2.45) is 0 Å². The Labute approximate surface area is 140 Å². The third-order valence-electron chi connectivity index (χ3n) is 4.10. The lowest BCUT2D eigenvalue weighted by atomic mass is 10.0. The zero-order valence-electron chi connectivity index (χ0n) is 13.2. The number of rotatable bonds is 5. The zero-order valence-corrected chi connectivity index (χ0v) is 14.0. The minimum Gasteiger partial charge on any atom is -0.468 e. The van der Waals surface area contributed by atoms with Crippen molar-refractivity contribution < 1.29 is 9.53 Å². The number of benzene rings is 1. The molecular weight excluding hydrogens is 310 g/mol. The molecule has 1 aliphatic rings. The molecule has 2 aromatic rings. The van der Waals surface area contributed by atoms with Crippen molar-refractivity contribution in [2.75, 3.05) is 32.1 Å². The Kier molecular flexibility index (Phi) is 5.25. The van der Waals surface area contributed by atoms with Gasteiger partial charge in [-0.25, -0.2) is 4.98 Å². The summed E-state index contributed by atoms with van der Waals surface area (Å²) >= 11 is 1.65. The van der Waals surface area contributed by atoms with Gasteiger partial charge in [-0.05, 0) is 37.1 Å². The maximum atomic E-state index is 11.3. The normalized spacial score (nSPS) is 16.2. The Hall–Kier alpha value is -1.92. The van der Waals surface area contributed by atoms with Gasteiger partial charge in [-0.3, -0.25) is 9.69 Å². The van der Waals surface area contributed by atoms with Gasteiger partial charge in [-0.1, -0.05) is 0 Å². The highest BCUT2D eigenvalue weighted by Crippen LogP contribution is 2.24. The molecule has 0 unspecified atom stereocenters. The third kappa shape index (κ3) is 4.30. The molecule has 1 N–H and O–H groups in total. The van der Waals surface area contributed by atoms with Gasteiger partial charge in [0, 0.05) is 42.0 Å². The highest BCUT2D eigenvalue weighted by Gasteiger charge is 2.20. The fraction of sp³-hybridized carbons (Fsp3) is 0.412. The van der Waals surface area contributed by atoms with Crippen LogP contribution < -0.4 is 5.32 Å². The van der Waals surface area contributed by atoms with Crippen molar-refractivity contribution in [1.29, 1.82) is 0 Å². The molecule has 0 saturated carbocycles. The van der Waals surface area contributed by atoms with E-state index in [1.165, 1.54) is 7.11 Å². The number of ether oxygens (including phenoxy) is 1. The molecule has 1 aromatic carbocycles. The number of methoxy groups -OCH3 is 1. The van der Waals surface area contributed by atoms with Crippen LogP contribution in [-0.4, -0.2) is 48.6 Å². The van der Waals surface area contributed by atoms with E-state index < -0.39 is 0 Å². The molecule has 0 radical (unpaired) electrons. The highest BCUT2D eigenvalue weighted by atomic mass is 32.1. The number of nitrogens with one attached hydrogen (secondary N) is 1. The topological polar surface area (TPSA) is 54.5 Å². The molecule has 1 aliphatic heterocycles. The van der Waals surface area contributed by atoms with Crippen LogP contribution in [-0.2, 0) is 9.53 Å². The average molecular weight is 331 g/mol. The van der Waals surface area contributed by atoms with Crippen molar-refractivity contribution >= 4 is 23.0 Å². The largest absolute Gasteiger partial charge is 0.468 e. The van der Waals surface area contributed by atoms with E-state index in [1.807, 2.05) is 11.6 Å². The maximum absolute atomic E-state index is 11.3. The van der Waals surface area contributed by atoms with Gasteiger partial charge in [-0.15, -0.1) is 11.3 Å². The molecule has 6 heteroatoms. The van der Waals surface area contributed by atoms with E-state index in [-0.39, 0.29) is 5.97 Å². The lowest BCUT2D eigenvalue weighted by molar-refractivity contribution is -0.142. The number of likely N-dealkylation sites (tertiary alicyclic amines) is 1. The summed E-state index contributed by atoms with van der Waals surface area (Å²) in [5.74, 6) is -0.158. The quantitative estimate of drug-likeness (QED) is 0.854. The van der Waals surface area contributed by atoms with Gasteiger partial charge < -0.3 is 10.1 Å². The fourth-order valence-electron chi connectivity index (χ4n) is 2.79. The predicted octanol–water partition coefficient (Wildman–Crippen LogP) is 2.86. The van der Waals surface area contributed by atoms with E-state index in [4.69, 9.17) is 4.74 Å². The lowest BCUT2D eigenvalue weighted by Gasteiger charge is -2.32. The Morgan fingerprint density at radius 2 is 2.09 bits per heavy atom. The summed E-state index contributed by atoms with van der Waals surface area (Å²) in [6.45, 7) is 2.24. The van der Waals surface area contributed by atoms with E-state index >= 15 is 0 Å². The number of carbonyl (C=O) groups is 1. The summed E-state index contributed by atoms with van der Waals surface area (Å²) in [6.07, 6.45) is 3.89. The molecule has 2 heterocycles. The van der Waals surface area contributed by atoms with Crippen molar-refractivity contribution in [2.45, 2.75) is 18.9 Å². The Balaban J connectivity index is 1.50. The van der Waals surface area contributed by atoms with Crippen LogP contribution in [0, 0.1) is 0 Å². The number of hydrogen-bond donors (Lipinski definition) is 1. The van der Waals surface area contributed by atoms with Crippen molar-refractivity contribution in [3.8, 4) is 10.6 Å². The summed E-state index contributed by atoms with van der Waals surface area (Å²) in [7, 11) is 1.44. The van der Waals surface area contributed by atoms with Gasteiger partial charge >= 0.3 is 5.97 Å². The predicted molar refractivity (Wildman–Crippen MR) is 92.7 cm³/mol. The molecule has 0 bridgehead atoms. The molecule has 0 atom stereocenters. The number of piperidine rings is 1. The molecule has 1 saturated heterocycles.